The van der Waals surface area contributed by atoms with E-state index < -0.39 is 5.41 Å². The van der Waals surface area contributed by atoms with Crippen LogP contribution in [0, 0.1) is 0 Å². The van der Waals surface area contributed by atoms with Crippen molar-refractivity contribution in [1.82, 2.24) is 0 Å². The van der Waals surface area contributed by atoms with Crippen molar-refractivity contribution in [3.8, 4) is 56.0 Å². The van der Waals surface area contributed by atoms with Crippen molar-refractivity contribution in [2.75, 3.05) is 0 Å². The summed E-state index contributed by atoms with van der Waals surface area (Å²) in [7, 11) is 0. The van der Waals surface area contributed by atoms with Gasteiger partial charge in [0.15, 0.2) is 0 Å². The molecule has 0 N–H and O–H groups in total. The first-order valence-corrected chi connectivity index (χ1v) is 17.9. The van der Waals surface area contributed by atoms with Crippen molar-refractivity contribution in [1.29, 1.82) is 0 Å². The molecular weight excluding hydrogens is 617 g/mol. The first-order valence-electron chi connectivity index (χ1n) is 17.9. The van der Waals surface area contributed by atoms with E-state index >= 15 is 0 Å². The molecule has 12 rings (SSSR count). The number of rotatable bonds is 1. The SMILES string of the molecule is c1ccc2c(c1)Oc1c(-c3ccc4c(c3)-c3ccccc3C43c4ccccc4-c4ccccc43)cccc1C21c2ccccc2-c2ccccc21. The molecule has 0 aromatic heterocycles. The maximum absolute atomic E-state index is 7.05. The third-order valence-electron chi connectivity index (χ3n) is 12.2. The van der Waals surface area contributed by atoms with Gasteiger partial charge in [-0.3, -0.25) is 0 Å². The molecule has 0 fully saturated rings. The van der Waals surface area contributed by atoms with Gasteiger partial charge in [0.2, 0.25) is 0 Å². The van der Waals surface area contributed by atoms with Gasteiger partial charge in [0.25, 0.3) is 0 Å². The van der Waals surface area contributed by atoms with Gasteiger partial charge in [-0.2, -0.15) is 0 Å². The lowest BCUT2D eigenvalue weighted by atomic mass is 9.65. The van der Waals surface area contributed by atoms with E-state index in [9.17, 15) is 0 Å². The summed E-state index contributed by atoms with van der Waals surface area (Å²) in [6.07, 6.45) is 0. The van der Waals surface area contributed by atoms with E-state index in [-0.39, 0.29) is 5.41 Å². The zero-order chi connectivity index (χ0) is 33.3. The molecule has 1 aliphatic heterocycles. The average molecular weight is 647 g/mol. The van der Waals surface area contributed by atoms with Crippen molar-refractivity contribution < 1.29 is 4.74 Å². The molecule has 1 nitrogen and oxygen atoms in total. The Kier molecular flexibility index (Phi) is 5.17. The lowest BCUT2D eigenvalue weighted by molar-refractivity contribution is 0.438. The normalized spacial score (nSPS) is 15.1. The third kappa shape index (κ3) is 3.15. The summed E-state index contributed by atoms with van der Waals surface area (Å²) in [4.78, 5) is 0. The lowest BCUT2D eigenvalue weighted by Crippen LogP contribution is -2.32. The average Bonchev–Trinajstić information content (AvgIpc) is 3.78. The molecule has 0 unspecified atom stereocenters. The Morgan fingerprint density at radius 1 is 0.275 bits per heavy atom. The second-order valence-corrected chi connectivity index (χ2v) is 14.3. The molecule has 2 spiro atoms. The van der Waals surface area contributed by atoms with Crippen molar-refractivity contribution in [2.24, 2.45) is 0 Å². The molecule has 4 aliphatic rings. The van der Waals surface area contributed by atoms with E-state index in [1.54, 1.807) is 0 Å². The smallest absolute Gasteiger partial charge is 0.140 e. The minimum absolute atomic E-state index is 0.357. The molecule has 0 atom stereocenters. The quantitative estimate of drug-likeness (QED) is 0.172. The Bertz CT molecular complexity index is 2710. The Balaban J connectivity index is 1.13. The third-order valence-corrected chi connectivity index (χ3v) is 12.2. The first kappa shape index (κ1) is 27.4. The van der Waals surface area contributed by atoms with Crippen LogP contribution in [0.4, 0.5) is 0 Å². The van der Waals surface area contributed by atoms with Crippen LogP contribution in [0.2, 0.25) is 0 Å². The van der Waals surface area contributed by atoms with Gasteiger partial charge in [-0.25, -0.2) is 0 Å². The van der Waals surface area contributed by atoms with Gasteiger partial charge < -0.3 is 4.74 Å². The highest BCUT2D eigenvalue weighted by molar-refractivity contribution is 5.97. The van der Waals surface area contributed by atoms with Crippen LogP contribution in [-0.2, 0) is 10.8 Å². The summed E-state index contributed by atoms with van der Waals surface area (Å²) in [5, 5.41) is 0. The van der Waals surface area contributed by atoms with E-state index in [4.69, 9.17) is 4.74 Å². The molecule has 8 aromatic carbocycles. The van der Waals surface area contributed by atoms with E-state index in [2.05, 4.69) is 182 Å². The molecular formula is C50H30O. The van der Waals surface area contributed by atoms with Gasteiger partial charge in [-0.1, -0.05) is 170 Å². The van der Waals surface area contributed by atoms with Crippen LogP contribution in [0.1, 0.15) is 44.5 Å². The zero-order valence-electron chi connectivity index (χ0n) is 27.7. The summed E-state index contributed by atoms with van der Waals surface area (Å²) >= 11 is 0. The van der Waals surface area contributed by atoms with Crippen LogP contribution < -0.4 is 4.74 Å². The van der Waals surface area contributed by atoms with Crippen LogP contribution in [0.15, 0.2) is 182 Å². The number of benzene rings is 8. The van der Waals surface area contributed by atoms with E-state index in [1.807, 2.05) is 0 Å². The second-order valence-electron chi connectivity index (χ2n) is 14.3. The number of hydrogen-bond acceptors (Lipinski definition) is 1. The highest BCUT2D eigenvalue weighted by Gasteiger charge is 2.53. The van der Waals surface area contributed by atoms with E-state index in [0.717, 1.165) is 22.6 Å². The Morgan fingerprint density at radius 3 is 1.18 bits per heavy atom. The number of ether oxygens (including phenoxy) is 1. The molecule has 51 heavy (non-hydrogen) atoms. The van der Waals surface area contributed by atoms with Crippen LogP contribution in [0.5, 0.6) is 11.5 Å². The highest BCUT2D eigenvalue weighted by atomic mass is 16.5. The summed E-state index contributed by atoms with van der Waals surface area (Å²) in [6, 6.07) is 67.4. The minimum Gasteiger partial charge on any atom is -0.456 e. The molecule has 236 valence electrons. The van der Waals surface area contributed by atoms with Crippen molar-refractivity contribution >= 4 is 0 Å². The van der Waals surface area contributed by atoms with Crippen LogP contribution in [0.25, 0.3) is 44.5 Å². The first-order chi connectivity index (χ1) is 25.3. The standard InChI is InChI=1S/C50H30O/c1-6-20-39-33(14-1)34-15-2-7-21-40(34)49(39)43-24-10-5-18-37(43)38-30-31(28-29-44(38)49)32-19-13-26-46-48(32)51-47-27-12-11-25-45(47)50(46)41-22-8-3-16-35(41)36-17-4-9-23-42(36)50/h1-30H. The topological polar surface area (TPSA) is 9.23 Å². The van der Waals surface area contributed by atoms with Crippen molar-refractivity contribution in [2.45, 2.75) is 10.8 Å². The van der Waals surface area contributed by atoms with E-state index in [0.29, 0.717) is 0 Å². The fourth-order valence-electron chi connectivity index (χ4n) is 10.4. The molecule has 8 aromatic rings. The summed E-state index contributed by atoms with van der Waals surface area (Å²) in [5.74, 6) is 1.84. The largest absolute Gasteiger partial charge is 0.456 e. The van der Waals surface area contributed by atoms with Gasteiger partial charge in [0.05, 0.1) is 10.8 Å². The molecule has 0 bridgehead atoms. The minimum atomic E-state index is -0.488. The molecule has 1 heteroatoms. The zero-order valence-corrected chi connectivity index (χ0v) is 27.7. The van der Waals surface area contributed by atoms with Crippen LogP contribution in [-0.4, -0.2) is 0 Å². The van der Waals surface area contributed by atoms with E-state index in [1.165, 1.54) is 77.9 Å². The fraction of sp³-hybridized carbons (Fsp3) is 0.0400. The van der Waals surface area contributed by atoms with Crippen molar-refractivity contribution in [3.63, 3.8) is 0 Å². The molecule has 0 amide bonds. The highest BCUT2D eigenvalue weighted by Crippen LogP contribution is 2.65. The van der Waals surface area contributed by atoms with Crippen molar-refractivity contribution in [3.05, 3.63) is 226 Å². The van der Waals surface area contributed by atoms with Gasteiger partial charge in [0.1, 0.15) is 11.5 Å². The lowest BCUT2D eigenvalue weighted by Gasteiger charge is -2.40. The second kappa shape index (κ2) is 9.62. The Morgan fingerprint density at radius 2 is 0.647 bits per heavy atom. The van der Waals surface area contributed by atoms with Gasteiger partial charge in [0, 0.05) is 16.7 Å². The van der Waals surface area contributed by atoms with Gasteiger partial charge in [-0.15, -0.1) is 0 Å². The monoisotopic (exact) mass is 646 g/mol. The molecule has 0 radical (unpaired) electrons. The Labute approximate surface area is 297 Å². The van der Waals surface area contributed by atoms with Crippen LogP contribution >= 0.6 is 0 Å². The maximum Gasteiger partial charge on any atom is 0.140 e. The fourth-order valence-corrected chi connectivity index (χ4v) is 10.4. The summed E-state index contributed by atoms with van der Waals surface area (Å²) in [6.45, 7) is 0. The molecule has 0 saturated carbocycles. The predicted octanol–water partition coefficient (Wildman–Crippen LogP) is 12.2. The molecule has 0 saturated heterocycles. The maximum atomic E-state index is 7.05. The van der Waals surface area contributed by atoms with Gasteiger partial charge >= 0.3 is 0 Å². The number of hydrogen-bond donors (Lipinski definition) is 0. The molecule has 3 aliphatic carbocycles. The summed E-state index contributed by atoms with van der Waals surface area (Å²) < 4.78 is 7.05. The Hall–Kier alpha value is -6.44. The number of fused-ring (bicyclic) bond motifs is 19. The van der Waals surface area contributed by atoms with Crippen LogP contribution in [0.3, 0.4) is 0 Å². The van der Waals surface area contributed by atoms with Gasteiger partial charge in [-0.05, 0) is 84.5 Å². The number of para-hydroxylation sites is 2. The summed E-state index contributed by atoms with van der Waals surface area (Å²) in [5.41, 5.74) is 19.7. The predicted molar refractivity (Wildman–Crippen MR) is 206 cm³/mol. The molecule has 1 heterocycles.